The molecule has 30 heavy (non-hydrogen) atoms. The highest BCUT2D eigenvalue weighted by atomic mass is 16.5. The number of carbonyl (C=O) groups is 1. The van der Waals surface area contributed by atoms with Gasteiger partial charge in [-0.05, 0) is 30.5 Å². The van der Waals surface area contributed by atoms with Crippen LogP contribution in [-0.4, -0.2) is 77.5 Å². The lowest BCUT2D eigenvalue weighted by molar-refractivity contribution is -0.140. The van der Waals surface area contributed by atoms with Crippen LogP contribution < -0.4 is 15.4 Å². The Bertz CT molecular complexity index is 645. The van der Waals surface area contributed by atoms with Crippen molar-refractivity contribution in [1.29, 1.82) is 0 Å². The number of carbonyl (C=O) groups excluding carboxylic acids is 1. The highest BCUT2D eigenvalue weighted by Gasteiger charge is 2.23. The van der Waals surface area contributed by atoms with Gasteiger partial charge in [-0.15, -0.1) is 0 Å². The number of methoxy groups -OCH3 is 2. The van der Waals surface area contributed by atoms with E-state index < -0.39 is 0 Å². The zero-order valence-corrected chi connectivity index (χ0v) is 18.5. The van der Waals surface area contributed by atoms with E-state index >= 15 is 0 Å². The fourth-order valence-corrected chi connectivity index (χ4v) is 3.47. The molecule has 1 unspecified atom stereocenters. The largest absolute Gasteiger partial charge is 0.497 e. The van der Waals surface area contributed by atoms with E-state index in [9.17, 15) is 4.79 Å². The van der Waals surface area contributed by atoms with Gasteiger partial charge in [0.15, 0.2) is 5.96 Å². The van der Waals surface area contributed by atoms with Crippen molar-refractivity contribution in [2.75, 3.05) is 60.7 Å². The number of morpholine rings is 1. The molecule has 1 aromatic rings. The Morgan fingerprint density at radius 1 is 1.13 bits per heavy atom. The second-order valence-corrected chi connectivity index (χ2v) is 7.20. The van der Waals surface area contributed by atoms with Crippen LogP contribution in [0.2, 0.25) is 0 Å². The van der Waals surface area contributed by atoms with Crippen molar-refractivity contribution in [3.63, 3.8) is 0 Å². The normalized spacial score (nSPS) is 16.0. The van der Waals surface area contributed by atoms with Gasteiger partial charge in [-0.3, -0.25) is 14.7 Å². The number of rotatable bonds is 11. The molecule has 0 spiro atoms. The zero-order valence-electron chi connectivity index (χ0n) is 18.5. The molecule has 1 heterocycles. The Balaban J connectivity index is 1.84. The average Bonchev–Trinajstić information content (AvgIpc) is 2.80. The summed E-state index contributed by atoms with van der Waals surface area (Å²) in [7, 11) is 4.89. The van der Waals surface area contributed by atoms with Crippen LogP contribution >= 0.6 is 0 Å². The molecular weight excluding hydrogens is 384 g/mol. The number of esters is 1. The van der Waals surface area contributed by atoms with Crippen molar-refractivity contribution in [1.82, 2.24) is 15.5 Å². The van der Waals surface area contributed by atoms with E-state index in [1.165, 1.54) is 12.7 Å². The molecule has 0 aliphatic carbocycles. The summed E-state index contributed by atoms with van der Waals surface area (Å²) < 4.78 is 15.5. The Morgan fingerprint density at radius 3 is 2.50 bits per heavy atom. The van der Waals surface area contributed by atoms with Crippen molar-refractivity contribution in [2.24, 2.45) is 4.99 Å². The summed E-state index contributed by atoms with van der Waals surface area (Å²) in [6.45, 7) is 4.88. The number of hydrogen-bond acceptors (Lipinski definition) is 6. The third kappa shape index (κ3) is 8.20. The van der Waals surface area contributed by atoms with Crippen LogP contribution in [0.1, 0.15) is 37.3 Å². The maximum atomic E-state index is 11.1. The minimum absolute atomic E-state index is 0.145. The molecule has 1 aliphatic heterocycles. The van der Waals surface area contributed by atoms with Gasteiger partial charge in [-0.25, -0.2) is 0 Å². The number of benzene rings is 1. The summed E-state index contributed by atoms with van der Waals surface area (Å²) in [4.78, 5) is 17.9. The third-order valence-corrected chi connectivity index (χ3v) is 5.25. The molecule has 1 aromatic carbocycles. The summed E-state index contributed by atoms with van der Waals surface area (Å²) in [6.07, 6.45) is 3.27. The van der Waals surface area contributed by atoms with Crippen LogP contribution in [0.25, 0.3) is 0 Å². The van der Waals surface area contributed by atoms with Crippen molar-refractivity contribution in [3.05, 3.63) is 29.8 Å². The van der Waals surface area contributed by atoms with Crippen molar-refractivity contribution in [2.45, 2.75) is 31.7 Å². The molecule has 2 rings (SSSR count). The van der Waals surface area contributed by atoms with E-state index in [4.69, 9.17) is 9.47 Å². The van der Waals surface area contributed by atoms with Crippen LogP contribution in [0.15, 0.2) is 29.3 Å². The molecule has 1 saturated heterocycles. The van der Waals surface area contributed by atoms with Gasteiger partial charge in [-0.2, -0.15) is 0 Å². The second kappa shape index (κ2) is 13.8. The molecule has 0 saturated carbocycles. The number of unbranched alkanes of at least 4 members (excludes halogenated alkanes) is 2. The van der Waals surface area contributed by atoms with E-state index in [1.54, 1.807) is 14.2 Å². The van der Waals surface area contributed by atoms with E-state index in [2.05, 4.69) is 37.4 Å². The maximum absolute atomic E-state index is 11.1. The quantitative estimate of drug-likeness (QED) is 0.245. The van der Waals surface area contributed by atoms with Crippen molar-refractivity contribution < 1.29 is 19.0 Å². The Hall–Kier alpha value is -2.32. The van der Waals surface area contributed by atoms with Crippen LogP contribution in [0, 0.1) is 0 Å². The molecular formula is C22H36N4O4. The van der Waals surface area contributed by atoms with E-state index in [-0.39, 0.29) is 12.0 Å². The lowest BCUT2D eigenvalue weighted by Gasteiger charge is -2.35. The van der Waals surface area contributed by atoms with Crippen LogP contribution in [0.5, 0.6) is 5.75 Å². The summed E-state index contributed by atoms with van der Waals surface area (Å²) >= 11 is 0. The molecule has 168 valence electrons. The van der Waals surface area contributed by atoms with Gasteiger partial charge < -0.3 is 24.8 Å². The molecule has 8 heteroatoms. The lowest BCUT2D eigenvalue weighted by Crippen LogP contribution is -2.46. The molecule has 0 aromatic heterocycles. The zero-order chi connectivity index (χ0) is 21.6. The topological polar surface area (TPSA) is 84.4 Å². The first-order chi connectivity index (χ1) is 14.7. The molecule has 0 radical (unpaired) electrons. The molecule has 0 bridgehead atoms. The number of aliphatic imine (C=N–C) groups is 1. The van der Waals surface area contributed by atoms with Gasteiger partial charge >= 0.3 is 5.97 Å². The highest BCUT2D eigenvalue weighted by molar-refractivity contribution is 5.79. The fourth-order valence-electron chi connectivity index (χ4n) is 3.47. The van der Waals surface area contributed by atoms with Gasteiger partial charge in [0.2, 0.25) is 0 Å². The predicted molar refractivity (Wildman–Crippen MR) is 118 cm³/mol. The number of nitrogens with one attached hydrogen (secondary N) is 2. The van der Waals surface area contributed by atoms with Gasteiger partial charge in [0.1, 0.15) is 5.75 Å². The minimum atomic E-state index is -0.145. The summed E-state index contributed by atoms with van der Waals surface area (Å²) in [5, 5.41) is 6.82. The highest BCUT2D eigenvalue weighted by Crippen LogP contribution is 2.23. The maximum Gasteiger partial charge on any atom is 0.305 e. The van der Waals surface area contributed by atoms with Gasteiger partial charge in [0, 0.05) is 39.6 Å². The fraction of sp³-hybridized carbons (Fsp3) is 0.636. The average molecular weight is 421 g/mol. The van der Waals surface area contributed by atoms with E-state index in [0.29, 0.717) is 6.42 Å². The smallest absolute Gasteiger partial charge is 0.305 e. The third-order valence-electron chi connectivity index (χ3n) is 5.25. The first-order valence-corrected chi connectivity index (χ1v) is 10.6. The monoisotopic (exact) mass is 420 g/mol. The standard InChI is InChI=1S/C22H36N4O4/c1-23-22(24-12-6-4-5-7-21(27)29-3)25-17-20(26-13-15-30-16-14-26)18-8-10-19(28-2)11-9-18/h8-11,20H,4-7,12-17H2,1-3H3,(H2,23,24,25). The van der Waals surface area contributed by atoms with E-state index in [1.807, 2.05) is 12.1 Å². The van der Waals surface area contributed by atoms with Crippen molar-refractivity contribution in [3.8, 4) is 5.75 Å². The number of ether oxygens (including phenoxy) is 3. The molecule has 1 fully saturated rings. The number of nitrogens with zero attached hydrogens (tertiary/aromatic N) is 2. The first kappa shape index (κ1) is 24.0. The summed E-state index contributed by atoms with van der Waals surface area (Å²) in [5.41, 5.74) is 1.24. The first-order valence-electron chi connectivity index (χ1n) is 10.6. The molecule has 1 atom stereocenters. The van der Waals surface area contributed by atoms with Gasteiger partial charge in [0.25, 0.3) is 0 Å². The van der Waals surface area contributed by atoms with Crippen LogP contribution in [-0.2, 0) is 14.3 Å². The lowest BCUT2D eigenvalue weighted by atomic mass is 10.0. The Morgan fingerprint density at radius 2 is 1.87 bits per heavy atom. The van der Waals surface area contributed by atoms with Crippen molar-refractivity contribution >= 4 is 11.9 Å². The van der Waals surface area contributed by atoms with Gasteiger partial charge in [0.05, 0.1) is 33.5 Å². The Kier molecular flexibility index (Phi) is 11.0. The Labute approximate surface area is 180 Å². The molecule has 8 nitrogen and oxygen atoms in total. The second-order valence-electron chi connectivity index (χ2n) is 7.20. The summed E-state index contributed by atoms with van der Waals surface area (Å²) in [6, 6.07) is 8.48. The van der Waals surface area contributed by atoms with Gasteiger partial charge in [-0.1, -0.05) is 18.6 Å². The van der Waals surface area contributed by atoms with Crippen LogP contribution in [0.4, 0.5) is 0 Å². The minimum Gasteiger partial charge on any atom is -0.497 e. The molecule has 1 aliphatic rings. The SMILES string of the molecule is CN=C(NCCCCCC(=O)OC)NCC(c1ccc(OC)cc1)N1CCOCC1. The molecule has 2 N–H and O–H groups in total. The van der Waals surface area contributed by atoms with E-state index in [0.717, 1.165) is 70.4 Å². The summed E-state index contributed by atoms with van der Waals surface area (Å²) in [5.74, 6) is 1.50. The number of hydrogen-bond donors (Lipinski definition) is 2. The molecule has 0 amide bonds. The predicted octanol–water partition coefficient (Wildman–Crippen LogP) is 1.97. The van der Waals surface area contributed by atoms with Crippen LogP contribution in [0.3, 0.4) is 0 Å². The number of guanidine groups is 1.